The Morgan fingerprint density at radius 1 is 1.07 bits per heavy atom. The number of benzene rings is 3. The number of Topliss-reactive ketones (excluding diaryl/α,β-unsaturated/α-hetero) is 1. The van der Waals surface area contributed by atoms with E-state index in [-0.39, 0.29) is 55.8 Å². The number of carbonyl (C=O) groups excluding carboxylic acids is 3. The van der Waals surface area contributed by atoms with Crippen LogP contribution in [0.3, 0.4) is 0 Å². The van der Waals surface area contributed by atoms with Crippen molar-refractivity contribution in [3.63, 3.8) is 0 Å². The van der Waals surface area contributed by atoms with Crippen molar-refractivity contribution in [3.8, 4) is 5.75 Å². The van der Waals surface area contributed by atoms with Gasteiger partial charge in [0.1, 0.15) is 11.8 Å². The Kier molecular flexibility index (Phi) is 9.67. The largest absolute Gasteiger partial charge is 0.508 e. The molecule has 4 aromatic rings. The summed E-state index contributed by atoms with van der Waals surface area (Å²) >= 11 is 0. The number of phenolic OH excluding ortho intramolecular Hbond substituents is 1. The number of imidazole rings is 1. The number of nitrogens with two attached hydrogens (primary N) is 3. The molecule has 0 unspecified atom stereocenters. The van der Waals surface area contributed by atoms with Crippen molar-refractivity contribution in [2.75, 3.05) is 6.54 Å². The highest BCUT2D eigenvalue weighted by Gasteiger charge is 2.38. The number of rotatable bonds is 11. The van der Waals surface area contributed by atoms with Gasteiger partial charge in [0.2, 0.25) is 17.6 Å². The fraction of sp³-hybridized carbons (Fsp3) is 0.324. The predicted octanol–water partition coefficient (Wildman–Crippen LogP) is 2.13. The summed E-state index contributed by atoms with van der Waals surface area (Å²) in [4.78, 5) is 54.8. The van der Waals surface area contributed by atoms with Crippen LogP contribution in [0.1, 0.15) is 51.3 Å². The van der Waals surface area contributed by atoms with E-state index in [4.69, 9.17) is 17.2 Å². The Bertz CT molecular complexity index is 1740. The van der Waals surface area contributed by atoms with Crippen molar-refractivity contribution in [2.45, 2.75) is 64.2 Å². The summed E-state index contributed by atoms with van der Waals surface area (Å²) in [7, 11) is 0. The van der Waals surface area contributed by atoms with Crippen LogP contribution in [0.5, 0.6) is 5.75 Å². The van der Waals surface area contributed by atoms with E-state index in [0.717, 1.165) is 27.8 Å². The molecule has 9 N–H and O–H groups in total. The molecule has 0 saturated carbocycles. The van der Waals surface area contributed by atoms with Gasteiger partial charge in [-0.1, -0.05) is 36.4 Å². The minimum absolute atomic E-state index is 0.0618. The topological polar surface area (TPSA) is 206 Å². The lowest BCUT2D eigenvalue weighted by Gasteiger charge is -2.38. The molecule has 2 heterocycles. The van der Waals surface area contributed by atoms with Gasteiger partial charge in [-0.2, -0.15) is 0 Å². The number of aromatic hydroxyl groups is 1. The summed E-state index contributed by atoms with van der Waals surface area (Å²) in [6.07, 6.45) is 1.16. The number of aliphatic imine (C=N–C) groups is 1. The van der Waals surface area contributed by atoms with Crippen LogP contribution in [-0.2, 0) is 29.0 Å². The zero-order valence-corrected chi connectivity index (χ0v) is 26.0. The average molecular weight is 625 g/mol. The predicted molar refractivity (Wildman–Crippen MR) is 176 cm³/mol. The maximum Gasteiger partial charge on any atom is 0.243 e. The van der Waals surface area contributed by atoms with Crippen LogP contribution in [0, 0.1) is 13.8 Å². The molecule has 5 rings (SSSR count). The minimum Gasteiger partial charge on any atom is -0.508 e. The normalized spacial score (nSPS) is 15.5. The summed E-state index contributed by atoms with van der Waals surface area (Å²) < 4.78 is 0. The Hall–Kier alpha value is -5.23. The number of guanidine groups is 1. The molecule has 1 aliphatic rings. The van der Waals surface area contributed by atoms with Crippen LogP contribution < -0.4 is 22.5 Å². The molecule has 0 spiro atoms. The van der Waals surface area contributed by atoms with Gasteiger partial charge in [0, 0.05) is 19.5 Å². The standard InChI is InChI=1S/C34H40N8O4/c1-19-14-23(43)15-20(2)24(19)17-25(35)33(46)42-18-22-9-4-3-8-21(22)16-29(42)32(45)41-28(12-7-13-38-34(36)37)30(44)31-39-26-10-5-6-11-27(26)40-31/h3-6,8-11,14-15,25,28-29,43H,7,12-13,16-18,35H2,1-2H3,(H,39,40)(H,41,45)(H4,36,37,38)/t25-,28-,29-/m0/s1. The van der Waals surface area contributed by atoms with Gasteiger partial charge in [-0.25, -0.2) is 4.98 Å². The third-order valence-corrected chi connectivity index (χ3v) is 8.46. The highest BCUT2D eigenvalue weighted by Crippen LogP contribution is 2.27. The van der Waals surface area contributed by atoms with Gasteiger partial charge in [-0.3, -0.25) is 19.4 Å². The second-order valence-corrected chi connectivity index (χ2v) is 11.8. The number of aromatic amines is 1. The maximum absolute atomic E-state index is 14.1. The molecule has 46 heavy (non-hydrogen) atoms. The molecule has 12 heteroatoms. The van der Waals surface area contributed by atoms with Crippen molar-refractivity contribution in [1.82, 2.24) is 20.2 Å². The van der Waals surface area contributed by atoms with E-state index in [1.807, 2.05) is 56.3 Å². The van der Waals surface area contributed by atoms with Gasteiger partial charge in [0.05, 0.1) is 23.1 Å². The number of phenols is 1. The van der Waals surface area contributed by atoms with Gasteiger partial charge >= 0.3 is 0 Å². The summed E-state index contributed by atoms with van der Waals surface area (Å²) in [5.74, 6) is -1.03. The van der Waals surface area contributed by atoms with E-state index in [9.17, 15) is 19.5 Å². The molecule has 1 aliphatic heterocycles. The molecule has 3 aromatic carbocycles. The highest BCUT2D eigenvalue weighted by atomic mass is 16.3. The molecule has 0 aliphatic carbocycles. The lowest BCUT2D eigenvalue weighted by molar-refractivity contribution is -0.143. The van der Waals surface area contributed by atoms with E-state index < -0.39 is 29.8 Å². The number of nitrogens with one attached hydrogen (secondary N) is 2. The number of H-pyrrole nitrogens is 1. The number of amides is 2. The Morgan fingerprint density at radius 2 is 1.74 bits per heavy atom. The van der Waals surface area contributed by atoms with E-state index in [2.05, 4.69) is 20.3 Å². The number of ketones is 1. The quantitative estimate of drug-likeness (QED) is 0.0629. The molecular weight excluding hydrogens is 584 g/mol. The van der Waals surface area contributed by atoms with Crippen molar-refractivity contribution < 1.29 is 19.5 Å². The molecule has 0 fully saturated rings. The molecule has 12 nitrogen and oxygen atoms in total. The zero-order valence-electron chi connectivity index (χ0n) is 26.0. The van der Waals surface area contributed by atoms with Crippen LogP contribution in [-0.4, -0.2) is 68.2 Å². The van der Waals surface area contributed by atoms with Gasteiger partial charge in [-0.15, -0.1) is 0 Å². The van der Waals surface area contributed by atoms with Crippen LogP contribution in [0.15, 0.2) is 65.7 Å². The van der Waals surface area contributed by atoms with E-state index >= 15 is 0 Å². The minimum atomic E-state index is -0.952. The number of carbonyl (C=O) groups is 3. The molecular formula is C34H40N8O4. The van der Waals surface area contributed by atoms with Gasteiger partial charge < -0.3 is 37.5 Å². The van der Waals surface area contributed by atoms with Gasteiger partial charge in [-0.05, 0) is 85.2 Å². The highest BCUT2D eigenvalue weighted by molar-refractivity contribution is 6.02. The number of para-hydroxylation sites is 2. The third-order valence-electron chi connectivity index (χ3n) is 8.46. The Balaban J connectivity index is 1.41. The van der Waals surface area contributed by atoms with Crippen molar-refractivity contribution in [1.29, 1.82) is 0 Å². The number of aromatic nitrogens is 2. The first kappa shape index (κ1) is 32.2. The number of hydrogen-bond acceptors (Lipinski definition) is 7. The average Bonchev–Trinajstić information content (AvgIpc) is 3.47. The van der Waals surface area contributed by atoms with E-state index in [1.54, 1.807) is 18.2 Å². The second-order valence-electron chi connectivity index (χ2n) is 11.8. The maximum atomic E-state index is 14.1. The Labute approximate surface area is 267 Å². The molecule has 3 atom stereocenters. The molecule has 0 bridgehead atoms. The first-order valence-electron chi connectivity index (χ1n) is 15.3. The summed E-state index contributed by atoms with van der Waals surface area (Å²) in [5.41, 5.74) is 23.2. The Morgan fingerprint density at radius 3 is 2.43 bits per heavy atom. The molecule has 0 saturated heterocycles. The number of fused-ring (bicyclic) bond motifs is 2. The van der Waals surface area contributed by atoms with Crippen molar-refractivity contribution in [3.05, 3.63) is 94.3 Å². The lowest BCUT2D eigenvalue weighted by atomic mass is 9.91. The van der Waals surface area contributed by atoms with Gasteiger partial charge in [0.25, 0.3) is 0 Å². The zero-order chi connectivity index (χ0) is 33.0. The fourth-order valence-electron chi connectivity index (χ4n) is 6.08. The van der Waals surface area contributed by atoms with E-state index in [1.165, 1.54) is 4.90 Å². The second kappa shape index (κ2) is 13.8. The molecule has 1 aromatic heterocycles. The third kappa shape index (κ3) is 7.18. The van der Waals surface area contributed by atoms with Gasteiger partial charge in [0.15, 0.2) is 11.8 Å². The van der Waals surface area contributed by atoms with Crippen LogP contribution in [0.4, 0.5) is 0 Å². The molecule has 2 amide bonds. The number of aryl methyl sites for hydroxylation is 2. The summed E-state index contributed by atoms with van der Waals surface area (Å²) in [6, 6.07) is 15.4. The number of nitrogens with zero attached hydrogens (tertiary/aromatic N) is 3. The van der Waals surface area contributed by atoms with Crippen LogP contribution in [0.25, 0.3) is 11.0 Å². The summed E-state index contributed by atoms with van der Waals surface area (Å²) in [5, 5.41) is 12.9. The first-order valence-corrected chi connectivity index (χ1v) is 15.3. The SMILES string of the molecule is Cc1cc(O)cc(C)c1C[C@H](N)C(=O)N1Cc2ccccc2C[C@H]1C(=O)N[C@@H](CCCN=C(N)N)C(=O)c1nc2ccccc2[nH]1. The van der Waals surface area contributed by atoms with Crippen molar-refractivity contribution >= 4 is 34.6 Å². The van der Waals surface area contributed by atoms with Crippen LogP contribution >= 0.6 is 0 Å². The molecule has 240 valence electrons. The smallest absolute Gasteiger partial charge is 0.243 e. The van der Waals surface area contributed by atoms with Crippen molar-refractivity contribution in [2.24, 2.45) is 22.2 Å². The van der Waals surface area contributed by atoms with E-state index in [0.29, 0.717) is 17.5 Å². The lowest BCUT2D eigenvalue weighted by Crippen LogP contribution is -2.58. The first-order chi connectivity index (χ1) is 22.0. The molecule has 0 radical (unpaired) electrons. The van der Waals surface area contributed by atoms with Crippen LogP contribution in [0.2, 0.25) is 0 Å². The number of hydrogen-bond donors (Lipinski definition) is 6. The monoisotopic (exact) mass is 624 g/mol. The summed E-state index contributed by atoms with van der Waals surface area (Å²) in [6.45, 7) is 4.19. The fourth-order valence-corrected chi connectivity index (χ4v) is 6.08.